The summed E-state index contributed by atoms with van der Waals surface area (Å²) >= 11 is 0. The average molecular weight is 631 g/mol. The highest BCUT2D eigenvalue weighted by Crippen LogP contribution is 2.31. The minimum absolute atomic E-state index is 0.0846. The third kappa shape index (κ3) is 11.2. The number of para-hydroxylation sites is 1. The number of rotatable bonds is 20. The number of nitrogens with zero attached hydrogens (tertiary/aromatic N) is 3. The number of anilines is 4. The fourth-order valence-corrected chi connectivity index (χ4v) is 4.38. The summed E-state index contributed by atoms with van der Waals surface area (Å²) in [5.41, 5.74) is 8.98. The van der Waals surface area contributed by atoms with Gasteiger partial charge in [0.15, 0.2) is 11.5 Å². The molecule has 0 saturated carbocycles. The molecular weight excluding hydrogens is 588 g/mol. The molecule has 6 N–H and O–H groups in total. The number of hydrogen-bond acceptors (Lipinski definition) is 12. The lowest BCUT2D eigenvalue weighted by molar-refractivity contribution is -0.120. The number of aromatic nitrogens is 3. The minimum Gasteiger partial charge on any atom is -0.493 e. The van der Waals surface area contributed by atoms with E-state index in [0.717, 1.165) is 22.4 Å². The summed E-state index contributed by atoms with van der Waals surface area (Å²) in [6, 6.07) is 23.2. The molecule has 0 radical (unpaired) electrons. The van der Waals surface area contributed by atoms with Crippen molar-refractivity contribution >= 4 is 29.4 Å². The number of methoxy groups -OCH3 is 2. The van der Waals surface area contributed by atoms with Crippen LogP contribution >= 0.6 is 0 Å². The van der Waals surface area contributed by atoms with Gasteiger partial charge in [0.1, 0.15) is 0 Å². The van der Waals surface area contributed by atoms with Crippen LogP contribution in [0.3, 0.4) is 0 Å². The van der Waals surface area contributed by atoms with Crippen molar-refractivity contribution in [1.82, 2.24) is 20.3 Å². The Kier molecular flexibility index (Phi) is 13.8. The fourth-order valence-electron chi connectivity index (χ4n) is 4.38. The van der Waals surface area contributed by atoms with Crippen molar-refractivity contribution < 1.29 is 23.7 Å². The van der Waals surface area contributed by atoms with Gasteiger partial charge < -0.3 is 45.9 Å². The van der Waals surface area contributed by atoms with Gasteiger partial charge in [0.25, 0.3) is 0 Å². The van der Waals surface area contributed by atoms with Crippen LogP contribution in [0.4, 0.5) is 23.5 Å². The average Bonchev–Trinajstić information content (AvgIpc) is 3.08. The first-order valence-electron chi connectivity index (χ1n) is 15.0. The molecule has 0 spiro atoms. The van der Waals surface area contributed by atoms with E-state index in [-0.39, 0.29) is 12.3 Å². The number of carbonyl (C=O) groups excluding carboxylic acids is 1. The molecule has 0 bridgehead atoms. The van der Waals surface area contributed by atoms with Gasteiger partial charge in [0.2, 0.25) is 23.8 Å². The number of benzene rings is 3. The Labute approximate surface area is 269 Å². The molecule has 0 aliphatic rings. The van der Waals surface area contributed by atoms with Crippen LogP contribution in [-0.4, -0.2) is 74.6 Å². The first-order chi connectivity index (χ1) is 22.6. The van der Waals surface area contributed by atoms with Crippen LogP contribution < -0.4 is 36.5 Å². The van der Waals surface area contributed by atoms with E-state index in [1.807, 2.05) is 72.8 Å². The topological polar surface area (TPSA) is 167 Å². The van der Waals surface area contributed by atoms with Crippen molar-refractivity contribution in [2.45, 2.75) is 19.5 Å². The monoisotopic (exact) mass is 630 g/mol. The van der Waals surface area contributed by atoms with Crippen LogP contribution in [0, 0.1) is 0 Å². The summed E-state index contributed by atoms with van der Waals surface area (Å²) in [6.45, 7) is 3.72. The van der Waals surface area contributed by atoms with E-state index in [2.05, 4.69) is 36.2 Å². The quantitative estimate of drug-likeness (QED) is 0.0904. The molecule has 4 aromatic rings. The highest BCUT2D eigenvalue weighted by Gasteiger charge is 2.12. The molecule has 1 amide bonds. The van der Waals surface area contributed by atoms with Crippen molar-refractivity contribution in [3.8, 4) is 11.5 Å². The highest BCUT2D eigenvalue weighted by molar-refractivity contribution is 5.78. The third-order valence-corrected chi connectivity index (χ3v) is 6.63. The first-order valence-corrected chi connectivity index (χ1v) is 15.0. The van der Waals surface area contributed by atoms with Gasteiger partial charge in [0, 0.05) is 37.4 Å². The molecule has 13 nitrogen and oxygen atoms in total. The molecule has 1 heterocycles. The van der Waals surface area contributed by atoms with Gasteiger partial charge in [-0.15, -0.1) is 0 Å². The van der Waals surface area contributed by atoms with E-state index in [4.69, 9.17) is 24.7 Å². The summed E-state index contributed by atoms with van der Waals surface area (Å²) in [5, 5.41) is 12.7. The predicted octanol–water partition coefficient (Wildman–Crippen LogP) is 3.51. The standard InChI is InChI=1S/C33H42N8O5/c1-43-28-10-6-9-26(30(28)44-2)23-37-32-39-31(36-22-25-7-4-3-5-8-25)40-33(41-32)38-27-13-11-24(12-14-27)21-29(42)35-16-18-46-20-19-45-17-15-34/h3-14H,15-23,34H2,1-2H3,(H,35,42)(H3,36,37,38,39,40,41). The first kappa shape index (κ1) is 33.9. The van der Waals surface area contributed by atoms with Gasteiger partial charge in [-0.3, -0.25) is 4.79 Å². The molecule has 0 fully saturated rings. The summed E-state index contributed by atoms with van der Waals surface area (Å²) < 4.78 is 21.7. The molecule has 0 unspecified atom stereocenters. The third-order valence-electron chi connectivity index (χ3n) is 6.63. The van der Waals surface area contributed by atoms with Crippen LogP contribution in [0.15, 0.2) is 72.8 Å². The second kappa shape index (κ2) is 18.7. The SMILES string of the molecule is COc1cccc(CNc2nc(NCc3ccccc3)nc(Nc3ccc(CC(=O)NCCOCCOCCN)cc3)n2)c1OC. The molecule has 244 valence electrons. The summed E-state index contributed by atoms with van der Waals surface area (Å²) in [6.07, 6.45) is 0.251. The summed E-state index contributed by atoms with van der Waals surface area (Å²) in [5.74, 6) is 2.32. The van der Waals surface area contributed by atoms with E-state index in [1.54, 1.807) is 14.2 Å². The van der Waals surface area contributed by atoms with Gasteiger partial charge in [0.05, 0.1) is 47.1 Å². The Morgan fingerprint density at radius 2 is 1.41 bits per heavy atom. The van der Waals surface area contributed by atoms with Crippen molar-refractivity contribution in [3.05, 3.63) is 89.5 Å². The lowest BCUT2D eigenvalue weighted by Crippen LogP contribution is -2.29. The Balaban J connectivity index is 1.37. The zero-order valence-corrected chi connectivity index (χ0v) is 26.3. The number of amides is 1. The van der Waals surface area contributed by atoms with Gasteiger partial charge in [-0.1, -0.05) is 54.6 Å². The van der Waals surface area contributed by atoms with Crippen LogP contribution in [-0.2, 0) is 33.8 Å². The number of carbonyl (C=O) groups is 1. The van der Waals surface area contributed by atoms with Crippen molar-refractivity contribution in [2.24, 2.45) is 5.73 Å². The maximum atomic E-state index is 12.4. The molecule has 1 aromatic heterocycles. The van der Waals surface area contributed by atoms with Crippen LogP contribution in [0.1, 0.15) is 16.7 Å². The van der Waals surface area contributed by atoms with Crippen molar-refractivity contribution in [3.63, 3.8) is 0 Å². The Morgan fingerprint density at radius 1 is 0.717 bits per heavy atom. The number of nitrogens with two attached hydrogens (primary N) is 1. The maximum absolute atomic E-state index is 12.4. The number of hydrogen-bond donors (Lipinski definition) is 5. The minimum atomic E-state index is -0.0846. The molecule has 13 heteroatoms. The van der Waals surface area contributed by atoms with Gasteiger partial charge in [-0.2, -0.15) is 15.0 Å². The van der Waals surface area contributed by atoms with Crippen LogP contribution in [0.25, 0.3) is 0 Å². The predicted molar refractivity (Wildman–Crippen MR) is 178 cm³/mol. The second-order valence-electron chi connectivity index (χ2n) is 10.0. The molecule has 46 heavy (non-hydrogen) atoms. The molecule has 3 aromatic carbocycles. The Hall–Kier alpha value is -4.98. The van der Waals surface area contributed by atoms with Gasteiger partial charge in [-0.25, -0.2) is 0 Å². The molecule has 0 aliphatic heterocycles. The fraction of sp³-hybridized carbons (Fsp3) is 0.333. The molecule has 0 atom stereocenters. The number of ether oxygens (including phenoxy) is 4. The number of nitrogens with one attached hydrogen (secondary N) is 4. The smallest absolute Gasteiger partial charge is 0.233 e. The lowest BCUT2D eigenvalue weighted by Gasteiger charge is -2.14. The normalized spacial score (nSPS) is 10.7. The largest absolute Gasteiger partial charge is 0.493 e. The highest BCUT2D eigenvalue weighted by atomic mass is 16.5. The zero-order chi connectivity index (χ0) is 32.4. The van der Waals surface area contributed by atoms with E-state index in [0.29, 0.717) is 82.0 Å². The molecule has 0 saturated heterocycles. The molecule has 4 rings (SSSR count). The summed E-state index contributed by atoms with van der Waals surface area (Å²) in [4.78, 5) is 26.1. The maximum Gasteiger partial charge on any atom is 0.233 e. The second-order valence-corrected chi connectivity index (χ2v) is 10.0. The van der Waals surface area contributed by atoms with E-state index in [9.17, 15) is 4.79 Å². The van der Waals surface area contributed by atoms with Crippen LogP contribution in [0.2, 0.25) is 0 Å². The van der Waals surface area contributed by atoms with E-state index < -0.39 is 0 Å². The van der Waals surface area contributed by atoms with Gasteiger partial charge >= 0.3 is 0 Å². The van der Waals surface area contributed by atoms with Crippen LogP contribution in [0.5, 0.6) is 11.5 Å². The van der Waals surface area contributed by atoms with Crippen molar-refractivity contribution in [1.29, 1.82) is 0 Å². The Bertz CT molecular complexity index is 1490. The van der Waals surface area contributed by atoms with E-state index in [1.165, 1.54) is 0 Å². The van der Waals surface area contributed by atoms with E-state index >= 15 is 0 Å². The molecule has 0 aliphatic carbocycles. The lowest BCUT2D eigenvalue weighted by atomic mass is 10.1. The zero-order valence-electron chi connectivity index (χ0n) is 26.3. The van der Waals surface area contributed by atoms with Crippen molar-refractivity contribution in [2.75, 3.05) is 69.7 Å². The van der Waals surface area contributed by atoms with Gasteiger partial charge in [-0.05, 0) is 29.3 Å². The summed E-state index contributed by atoms with van der Waals surface area (Å²) in [7, 11) is 3.21. The Morgan fingerprint density at radius 3 is 2.11 bits per heavy atom. The molecular formula is C33H42N8O5.